The van der Waals surface area contributed by atoms with Gasteiger partial charge < -0.3 is 5.73 Å². The first-order valence-electron chi connectivity index (χ1n) is 10.9. The molecule has 0 aliphatic carbocycles. The van der Waals surface area contributed by atoms with Gasteiger partial charge in [-0.3, -0.25) is 9.08 Å². The summed E-state index contributed by atoms with van der Waals surface area (Å²) in [6.45, 7) is 1.43. The van der Waals surface area contributed by atoms with Crippen LogP contribution in [-0.2, 0) is 19.6 Å². The van der Waals surface area contributed by atoms with Crippen molar-refractivity contribution in [3.05, 3.63) is 82.7 Å². The fraction of sp³-hybridized carbons (Fsp3) is 0.167. The summed E-state index contributed by atoms with van der Waals surface area (Å²) in [5.41, 5.74) is 4.23. The number of hydrogen-bond donors (Lipinski definition) is 1. The molecule has 0 spiro atoms. The van der Waals surface area contributed by atoms with Crippen LogP contribution in [0, 0.1) is 30.2 Å². The minimum atomic E-state index is -4.77. The lowest BCUT2D eigenvalue weighted by atomic mass is 10.1. The number of nitrogens with zero attached hydrogens (tertiary/aromatic N) is 6. The number of rotatable bonds is 4. The Balaban J connectivity index is 1.65. The van der Waals surface area contributed by atoms with Crippen LogP contribution in [0.2, 0.25) is 0 Å². The second-order valence-corrected chi connectivity index (χ2v) is 8.40. The van der Waals surface area contributed by atoms with Crippen molar-refractivity contribution >= 4 is 11.3 Å². The monoisotopic (exact) mass is 535 g/mol. The van der Waals surface area contributed by atoms with E-state index in [1.54, 1.807) is 0 Å². The van der Waals surface area contributed by atoms with Gasteiger partial charge in [0.05, 0.1) is 5.52 Å². The minimum Gasteiger partial charge on any atom is -0.383 e. The normalized spacial score (nSPS) is 12.0. The first kappa shape index (κ1) is 25.2. The van der Waals surface area contributed by atoms with Crippen molar-refractivity contribution in [2.75, 3.05) is 5.73 Å². The molecule has 5 rings (SSSR count). The average Bonchev–Trinajstić information content (AvgIpc) is 3.36. The van der Waals surface area contributed by atoms with E-state index in [0.29, 0.717) is 6.07 Å². The summed E-state index contributed by atoms with van der Waals surface area (Å²) in [6.07, 6.45) is -3.25. The number of nitrogen functional groups attached to an aromatic ring is 1. The van der Waals surface area contributed by atoms with Gasteiger partial charge in [0, 0.05) is 48.2 Å². The molecular formula is C24H16F7N7. The number of imidazole rings is 1. The van der Waals surface area contributed by atoms with Gasteiger partial charge in [-0.1, -0.05) is 0 Å². The van der Waals surface area contributed by atoms with Crippen molar-refractivity contribution in [2.24, 2.45) is 7.05 Å². The molecule has 2 N–H and O–H groups in total. The number of benzene rings is 1. The van der Waals surface area contributed by atoms with E-state index in [9.17, 15) is 30.7 Å². The predicted octanol–water partition coefficient (Wildman–Crippen LogP) is 5.25. The lowest BCUT2D eigenvalue weighted by Crippen LogP contribution is -2.09. The molecule has 14 heteroatoms. The smallest absolute Gasteiger partial charge is 0.383 e. The van der Waals surface area contributed by atoms with Crippen molar-refractivity contribution in [1.29, 1.82) is 0 Å². The second kappa shape index (κ2) is 8.82. The number of aryl methyl sites for hydroxylation is 1. The molecule has 38 heavy (non-hydrogen) atoms. The molecule has 0 aliphatic heterocycles. The molecule has 0 unspecified atom stereocenters. The number of nitrogens with two attached hydrogens (primary N) is 1. The average molecular weight is 535 g/mol. The lowest BCUT2D eigenvalue weighted by molar-refractivity contribution is -0.140. The molecule has 5 aromatic rings. The van der Waals surface area contributed by atoms with E-state index in [1.165, 1.54) is 24.4 Å². The van der Waals surface area contributed by atoms with Gasteiger partial charge in [0.1, 0.15) is 29.0 Å². The number of hydrogen-bond acceptors (Lipinski definition) is 5. The number of halogens is 7. The highest BCUT2D eigenvalue weighted by Crippen LogP contribution is 2.40. The van der Waals surface area contributed by atoms with Gasteiger partial charge in [0.15, 0.2) is 23.2 Å². The van der Waals surface area contributed by atoms with Crippen LogP contribution in [0.3, 0.4) is 0 Å². The molecule has 0 saturated heterocycles. The molecule has 0 bridgehead atoms. The summed E-state index contributed by atoms with van der Waals surface area (Å²) in [6, 6.07) is 3.79. The molecule has 196 valence electrons. The summed E-state index contributed by atoms with van der Waals surface area (Å²) < 4.78 is 99.4. The number of pyridine rings is 1. The first-order chi connectivity index (χ1) is 17.9. The molecule has 0 aliphatic rings. The van der Waals surface area contributed by atoms with E-state index >= 15 is 0 Å². The maximum Gasteiger partial charge on any atom is 0.435 e. The summed E-state index contributed by atoms with van der Waals surface area (Å²) in [7, 11) is 1.35. The number of aromatic nitrogens is 6. The van der Waals surface area contributed by atoms with Gasteiger partial charge in [-0.25, -0.2) is 32.5 Å². The Morgan fingerprint density at radius 1 is 0.974 bits per heavy atom. The molecular weight excluding hydrogens is 519 g/mol. The van der Waals surface area contributed by atoms with E-state index in [4.69, 9.17) is 5.73 Å². The Hall–Kier alpha value is -4.49. The molecule has 0 amide bonds. The first-order valence-corrected chi connectivity index (χ1v) is 10.9. The molecule has 0 fully saturated rings. The van der Waals surface area contributed by atoms with Crippen LogP contribution in [0.15, 0.2) is 36.7 Å². The maximum atomic E-state index is 14.3. The SMILES string of the molecule is Cc1c(-c2cnc(-c3nc(Cc4c(F)ccc(F)c4F)n4cc(F)ccc34)nc2N)c(C(F)(F)F)nn1C. The third kappa shape index (κ3) is 4.11. The summed E-state index contributed by atoms with van der Waals surface area (Å²) >= 11 is 0. The van der Waals surface area contributed by atoms with E-state index in [-0.39, 0.29) is 45.5 Å². The van der Waals surface area contributed by atoms with Gasteiger partial charge in [-0.15, -0.1) is 0 Å². The Morgan fingerprint density at radius 2 is 1.68 bits per heavy atom. The van der Waals surface area contributed by atoms with Crippen molar-refractivity contribution in [1.82, 2.24) is 29.1 Å². The standard InChI is InChI=1S/C24H16F7N7/c1-10-18(21(24(29,30)31)36-37(10)2)13-8-33-23(35-22(13)32)20-16-6-3-11(25)9-38(16)17(34-20)7-12-14(26)4-5-15(27)19(12)28/h3-6,8-9H,7H2,1-2H3,(H2,32,33,35). The second-order valence-electron chi connectivity index (χ2n) is 8.40. The van der Waals surface area contributed by atoms with Crippen LogP contribution in [0.25, 0.3) is 28.2 Å². The van der Waals surface area contributed by atoms with Gasteiger partial charge >= 0.3 is 6.18 Å². The predicted molar refractivity (Wildman–Crippen MR) is 122 cm³/mol. The highest BCUT2D eigenvalue weighted by atomic mass is 19.4. The largest absolute Gasteiger partial charge is 0.435 e. The lowest BCUT2D eigenvalue weighted by Gasteiger charge is -2.09. The number of anilines is 1. The minimum absolute atomic E-state index is 0.00872. The summed E-state index contributed by atoms with van der Waals surface area (Å²) in [5.74, 6) is -4.96. The summed E-state index contributed by atoms with van der Waals surface area (Å²) in [5, 5.41) is 3.53. The fourth-order valence-electron chi connectivity index (χ4n) is 4.13. The summed E-state index contributed by atoms with van der Waals surface area (Å²) in [4.78, 5) is 12.5. The Morgan fingerprint density at radius 3 is 2.37 bits per heavy atom. The zero-order chi connectivity index (χ0) is 27.5. The van der Waals surface area contributed by atoms with Crippen molar-refractivity contribution in [3.63, 3.8) is 0 Å². The quantitative estimate of drug-likeness (QED) is 0.251. The topological polar surface area (TPSA) is 86.9 Å². The van der Waals surface area contributed by atoms with Crippen molar-refractivity contribution in [3.8, 4) is 22.6 Å². The molecule has 0 saturated carbocycles. The van der Waals surface area contributed by atoms with Crippen LogP contribution >= 0.6 is 0 Å². The van der Waals surface area contributed by atoms with Crippen LogP contribution in [-0.4, -0.2) is 29.1 Å². The Bertz CT molecular complexity index is 1720. The van der Waals surface area contributed by atoms with Crippen LogP contribution < -0.4 is 5.73 Å². The molecule has 1 aromatic carbocycles. The van der Waals surface area contributed by atoms with Crippen molar-refractivity contribution in [2.45, 2.75) is 19.5 Å². The van der Waals surface area contributed by atoms with Crippen LogP contribution in [0.5, 0.6) is 0 Å². The maximum absolute atomic E-state index is 14.3. The van der Waals surface area contributed by atoms with E-state index in [2.05, 4.69) is 20.1 Å². The molecule has 4 heterocycles. The zero-order valence-corrected chi connectivity index (χ0v) is 19.6. The molecule has 4 aromatic heterocycles. The molecule has 0 atom stereocenters. The van der Waals surface area contributed by atoms with E-state index in [0.717, 1.165) is 29.2 Å². The van der Waals surface area contributed by atoms with Gasteiger partial charge in [0.25, 0.3) is 0 Å². The molecule has 0 radical (unpaired) electrons. The van der Waals surface area contributed by atoms with Gasteiger partial charge in [-0.2, -0.15) is 18.3 Å². The van der Waals surface area contributed by atoms with Gasteiger partial charge in [-0.05, 0) is 31.2 Å². The van der Waals surface area contributed by atoms with E-state index < -0.39 is 47.1 Å². The van der Waals surface area contributed by atoms with Crippen LogP contribution in [0.4, 0.5) is 36.6 Å². The van der Waals surface area contributed by atoms with Crippen LogP contribution in [0.1, 0.15) is 22.8 Å². The Labute approximate surface area is 209 Å². The third-order valence-corrected chi connectivity index (χ3v) is 6.05. The highest BCUT2D eigenvalue weighted by Gasteiger charge is 2.39. The van der Waals surface area contributed by atoms with Gasteiger partial charge in [0.2, 0.25) is 0 Å². The van der Waals surface area contributed by atoms with E-state index in [1.807, 2.05) is 0 Å². The number of alkyl halides is 3. The molecule has 7 nitrogen and oxygen atoms in total. The fourth-order valence-corrected chi connectivity index (χ4v) is 4.13. The van der Waals surface area contributed by atoms with Crippen molar-refractivity contribution < 1.29 is 30.7 Å². The third-order valence-electron chi connectivity index (χ3n) is 6.05. The Kier molecular flexibility index (Phi) is 5.84. The highest BCUT2D eigenvalue weighted by molar-refractivity contribution is 5.80. The number of fused-ring (bicyclic) bond motifs is 1. The zero-order valence-electron chi connectivity index (χ0n) is 19.6.